The number of carbonyl (C=O) groups excluding carboxylic acids is 2. The quantitative estimate of drug-likeness (QED) is 0.602. The fourth-order valence-electron chi connectivity index (χ4n) is 2.26. The highest BCUT2D eigenvalue weighted by atomic mass is 32.2. The number of hydrogen-bond donors (Lipinski definition) is 1. The first-order valence-electron chi connectivity index (χ1n) is 7.38. The lowest BCUT2D eigenvalue weighted by atomic mass is 10.0. The van der Waals surface area contributed by atoms with Crippen molar-refractivity contribution in [1.29, 1.82) is 0 Å². The van der Waals surface area contributed by atoms with Gasteiger partial charge in [-0.05, 0) is 26.7 Å². The Hall–Kier alpha value is -1.37. The molecule has 0 radical (unpaired) electrons. The van der Waals surface area contributed by atoms with Gasteiger partial charge in [-0.2, -0.15) is 4.99 Å². The molecule has 1 fully saturated rings. The van der Waals surface area contributed by atoms with Gasteiger partial charge in [0.1, 0.15) is 12.1 Å². The number of hydrogen-bond acceptors (Lipinski definition) is 3. The number of aliphatic imine (C=N–C) groups is 2. The third kappa shape index (κ3) is 6.29. The molecule has 2 amide bonds. The molecule has 0 aliphatic heterocycles. The van der Waals surface area contributed by atoms with E-state index in [1.54, 1.807) is 4.90 Å². The predicted octanol–water partition coefficient (Wildman–Crippen LogP) is 2.28. The first kappa shape index (κ1) is 17.7. The standard InChI is InChI=1S/C14H24N4O2S/c1-3-18(4-2)14(20)17-10-16-13(15)21-9-12(19)11-7-5-6-8-11/h10-11H,3-9H2,1-2H3,(H2,15,16,17,20). The van der Waals surface area contributed by atoms with Crippen molar-refractivity contribution in [2.24, 2.45) is 21.6 Å². The minimum atomic E-state index is -0.330. The van der Waals surface area contributed by atoms with Crippen molar-refractivity contribution >= 4 is 35.1 Å². The summed E-state index contributed by atoms with van der Waals surface area (Å²) in [7, 11) is 0. The Balaban J connectivity index is 2.35. The summed E-state index contributed by atoms with van der Waals surface area (Å²) < 4.78 is 0. The molecule has 0 atom stereocenters. The smallest absolute Gasteiger partial charge is 0.344 e. The molecular weight excluding hydrogens is 288 g/mol. The second kappa shape index (κ2) is 9.55. The molecule has 1 rings (SSSR count). The second-order valence-corrected chi connectivity index (χ2v) is 5.90. The predicted molar refractivity (Wildman–Crippen MR) is 87.9 cm³/mol. The van der Waals surface area contributed by atoms with E-state index in [1.165, 1.54) is 11.8 Å². The average molecular weight is 312 g/mol. The van der Waals surface area contributed by atoms with E-state index in [9.17, 15) is 9.59 Å². The highest BCUT2D eigenvalue weighted by Crippen LogP contribution is 2.26. The lowest BCUT2D eigenvalue weighted by molar-refractivity contribution is -0.120. The van der Waals surface area contributed by atoms with Gasteiger partial charge in [-0.3, -0.25) is 4.79 Å². The number of rotatable bonds is 6. The molecule has 0 unspecified atom stereocenters. The van der Waals surface area contributed by atoms with Crippen molar-refractivity contribution in [3.8, 4) is 0 Å². The van der Waals surface area contributed by atoms with Gasteiger partial charge in [-0.15, -0.1) is 0 Å². The summed E-state index contributed by atoms with van der Waals surface area (Å²) in [6.45, 7) is 4.99. The summed E-state index contributed by atoms with van der Waals surface area (Å²) in [5.74, 6) is 0.785. The zero-order chi connectivity index (χ0) is 15.7. The maximum absolute atomic E-state index is 11.9. The summed E-state index contributed by atoms with van der Waals surface area (Å²) in [5, 5.41) is 0.262. The SMILES string of the molecule is CCN(CC)C(=O)/N=C/N=C(N)SCC(=O)C1CCCC1. The Morgan fingerprint density at radius 3 is 2.48 bits per heavy atom. The van der Waals surface area contributed by atoms with Gasteiger partial charge in [0.05, 0.1) is 5.75 Å². The van der Waals surface area contributed by atoms with Crippen LogP contribution in [0.1, 0.15) is 39.5 Å². The van der Waals surface area contributed by atoms with Crippen LogP contribution in [-0.2, 0) is 4.79 Å². The van der Waals surface area contributed by atoms with Gasteiger partial charge in [0.15, 0.2) is 5.17 Å². The van der Waals surface area contributed by atoms with Crippen molar-refractivity contribution in [3.05, 3.63) is 0 Å². The number of Topliss-reactive ketones (excluding diaryl/α,β-unsaturated/α-hetero) is 1. The van der Waals surface area contributed by atoms with Crippen molar-refractivity contribution < 1.29 is 9.59 Å². The van der Waals surface area contributed by atoms with Crippen molar-refractivity contribution in [2.75, 3.05) is 18.8 Å². The molecule has 0 saturated heterocycles. The number of amides is 2. The van der Waals surface area contributed by atoms with E-state index in [4.69, 9.17) is 5.73 Å². The molecule has 7 heteroatoms. The minimum Gasteiger partial charge on any atom is -0.378 e. The van der Waals surface area contributed by atoms with Crippen LogP contribution in [0.15, 0.2) is 9.98 Å². The van der Waals surface area contributed by atoms with Crippen molar-refractivity contribution in [3.63, 3.8) is 0 Å². The van der Waals surface area contributed by atoms with E-state index in [0.717, 1.165) is 32.0 Å². The lowest BCUT2D eigenvalue weighted by Crippen LogP contribution is -2.27. The maximum atomic E-state index is 11.9. The van der Waals surface area contributed by atoms with Crippen LogP contribution in [0.2, 0.25) is 0 Å². The monoisotopic (exact) mass is 312 g/mol. The first-order valence-corrected chi connectivity index (χ1v) is 8.37. The maximum Gasteiger partial charge on any atom is 0.344 e. The van der Waals surface area contributed by atoms with Crippen LogP contribution in [0.3, 0.4) is 0 Å². The number of amidine groups is 1. The molecule has 1 aliphatic carbocycles. The number of carbonyl (C=O) groups is 2. The highest BCUT2D eigenvalue weighted by Gasteiger charge is 2.22. The molecule has 0 heterocycles. The van der Waals surface area contributed by atoms with Crippen LogP contribution in [-0.4, -0.2) is 47.1 Å². The largest absolute Gasteiger partial charge is 0.378 e. The summed E-state index contributed by atoms with van der Waals surface area (Å²) in [5.41, 5.74) is 5.69. The zero-order valence-corrected chi connectivity index (χ0v) is 13.6. The lowest BCUT2D eigenvalue weighted by Gasteiger charge is -2.14. The summed E-state index contributed by atoms with van der Waals surface area (Å²) in [4.78, 5) is 32.6. The van der Waals surface area contributed by atoms with Crippen LogP contribution >= 0.6 is 11.8 Å². The fraction of sp³-hybridized carbons (Fsp3) is 0.714. The van der Waals surface area contributed by atoms with E-state index in [2.05, 4.69) is 9.98 Å². The Morgan fingerprint density at radius 2 is 1.90 bits per heavy atom. The first-order chi connectivity index (χ1) is 10.1. The van der Waals surface area contributed by atoms with E-state index in [-0.39, 0.29) is 22.9 Å². The van der Waals surface area contributed by atoms with Crippen LogP contribution in [0, 0.1) is 5.92 Å². The normalized spacial score (nSPS) is 16.6. The van der Waals surface area contributed by atoms with Gasteiger partial charge in [0, 0.05) is 19.0 Å². The van der Waals surface area contributed by atoms with E-state index >= 15 is 0 Å². The Bertz CT molecular complexity index is 413. The molecule has 0 aromatic rings. The summed E-state index contributed by atoms with van der Waals surface area (Å²) in [6.07, 6.45) is 5.44. The number of thioether (sulfide) groups is 1. The van der Waals surface area contributed by atoms with E-state index in [1.807, 2.05) is 13.8 Å². The number of ketones is 1. The molecule has 6 nitrogen and oxygen atoms in total. The van der Waals surface area contributed by atoms with E-state index in [0.29, 0.717) is 18.8 Å². The van der Waals surface area contributed by atoms with Crippen molar-refractivity contribution in [2.45, 2.75) is 39.5 Å². The Kier molecular flexibility index (Phi) is 8.04. The zero-order valence-electron chi connectivity index (χ0n) is 12.7. The average Bonchev–Trinajstić information content (AvgIpc) is 3.00. The molecule has 0 spiro atoms. The molecule has 1 saturated carbocycles. The Morgan fingerprint density at radius 1 is 1.29 bits per heavy atom. The molecule has 0 bridgehead atoms. The summed E-state index contributed by atoms with van der Waals surface area (Å²) in [6, 6.07) is -0.330. The van der Waals surface area contributed by atoms with Gasteiger partial charge in [0.25, 0.3) is 0 Å². The molecule has 118 valence electrons. The van der Waals surface area contributed by atoms with Gasteiger partial charge < -0.3 is 10.6 Å². The van der Waals surface area contributed by atoms with Gasteiger partial charge >= 0.3 is 6.03 Å². The summed E-state index contributed by atoms with van der Waals surface area (Å²) >= 11 is 1.21. The topological polar surface area (TPSA) is 88.1 Å². The molecule has 21 heavy (non-hydrogen) atoms. The molecule has 1 aliphatic rings. The van der Waals surface area contributed by atoms with Gasteiger partial charge in [0.2, 0.25) is 0 Å². The van der Waals surface area contributed by atoms with Gasteiger partial charge in [-0.25, -0.2) is 9.79 Å². The number of nitrogens with two attached hydrogens (primary N) is 1. The van der Waals surface area contributed by atoms with Crippen LogP contribution < -0.4 is 5.73 Å². The third-order valence-corrected chi connectivity index (χ3v) is 4.39. The van der Waals surface area contributed by atoms with Crippen LogP contribution in [0.5, 0.6) is 0 Å². The van der Waals surface area contributed by atoms with Crippen LogP contribution in [0.4, 0.5) is 4.79 Å². The van der Waals surface area contributed by atoms with Gasteiger partial charge in [-0.1, -0.05) is 24.6 Å². The molecular formula is C14H24N4O2S. The van der Waals surface area contributed by atoms with Crippen LogP contribution in [0.25, 0.3) is 0 Å². The molecule has 0 aromatic heterocycles. The number of nitrogens with zero attached hydrogens (tertiary/aromatic N) is 3. The molecule has 0 aromatic carbocycles. The highest BCUT2D eigenvalue weighted by molar-refractivity contribution is 8.14. The number of urea groups is 1. The molecule has 2 N–H and O–H groups in total. The fourth-order valence-corrected chi connectivity index (χ4v) is 2.91. The van der Waals surface area contributed by atoms with E-state index < -0.39 is 0 Å². The minimum absolute atomic E-state index is 0.197. The Labute approximate surface area is 130 Å². The van der Waals surface area contributed by atoms with Crippen molar-refractivity contribution in [1.82, 2.24) is 4.90 Å². The third-order valence-electron chi connectivity index (χ3n) is 3.56. The second-order valence-electron chi connectivity index (χ2n) is 4.90.